The summed E-state index contributed by atoms with van der Waals surface area (Å²) in [4.78, 5) is 36.6. The maximum Gasteiger partial charge on any atom is 0.303 e. The fourth-order valence-electron chi connectivity index (χ4n) is 3.01. The number of carboxylic acids is 1. The number of aliphatic hydroxyl groups excluding tert-OH is 1. The number of ketones is 1. The van der Waals surface area contributed by atoms with Crippen molar-refractivity contribution in [2.24, 2.45) is 0 Å². The van der Waals surface area contributed by atoms with Crippen LogP contribution >= 0.6 is 0 Å². The highest BCUT2D eigenvalue weighted by Gasteiger charge is 2.43. The van der Waals surface area contributed by atoms with E-state index in [4.69, 9.17) is 14.6 Å². The largest absolute Gasteiger partial charge is 0.503 e. The zero-order valence-corrected chi connectivity index (χ0v) is 14.8. The van der Waals surface area contributed by atoms with Gasteiger partial charge in [-0.2, -0.15) is 0 Å². The molecule has 0 radical (unpaired) electrons. The minimum absolute atomic E-state index is 0.0335. The molecule has 0 fully saturated rings. The first kappa shape index (κ1) is 19.3. The maximum absolute atomic E-state index is 12.5. The van der Waals surface area contributed by atoms with Crippen molar-refractivity contribution in [3.8, 4) is 11.5 Å². The molecular formula is C18H21NO7. The highest BCUT2D eigenvalue weighted by Crippen LogP contribution is 2.42. The van der Waals surface area contributed by atoms with Crippen LogP contribution in [0.3, 0.4) is 0 Å². The first-order valence-corrected chi connectivity index (χ1v) is 8.00. The lowest BCUT2D eigenvalue weighted by molar-refractivity contribution is -0.138. The molecule has 8 nitrogen and oxygen atoms in total. The Morgan fingerprint density at radius 2 is 1.92 bits per heavy atom. The number of rotatable bonds is 8. The second-order valence-corrected chi connectivity index (χ2v) is 5.82. The number of aliphatic carboxylic acids is 1. The molecule has 1 aliphatic heterocycles. The summed E-state index contributed by atoms with van der Waals surface area (Å²) in [6, 6.07) is 4.07. The van der Waals surface area contributed by atoms with Crippen molar-refractivity contribution in [2.45, 2.75) is 25.8 Å². The number of Topliss-reactive ketones (excluding diaryl/α,β-unsaturated/α-hetero) is 1. The molecule has 0 aromatic heterocycles. The van der Waals surface area contributed by atoms with Crippen LogP contribution in [0.25, 0.3) is 0 Å². The molecule has 1 amide bonds. The van der Waals surface area contributed by atoms with Gasteiger partial charge >= 0.3 is 5.97 Å². The predicted octanol–water partition coefficient (Wildman–Crippen LogP) is 1.85. The average molecular weight is 363 g/mol. The Morgan fingerprint density at radius 1 is 1.23 bits per heavy atom. The third-order valence-corrected chi connectivity index (χ3v) is 4.21. The highest BCUT2D eigenvalue weighted by atomic mass is 16.5. The van der Waals surface area contributed by atoms with Crippen molar-refractivity contribution in [2.75, 3.05) is 20.8 Å². The zero-order valence-electron chi connectivity index (χ0n) is 14.8. The van der Waals surface area contributed by atoms with Crippen LogP contribution in [0.1, 0.15) is 31.4 Å². The number of hydrogen-bond donors (Lipinski definition) is 2. The predicted molar refractivity (Wildman–Crippen MR) is 91.2 cm³/mol. The molecule has 0 aliphatic carbocycles. The Labute approximate surface area is 150 Å². The third-order valence-electron chi connectivity index (χ3n) is 4.21. The van der Waals surface area contributed by atoms with Crippen molar-refractivity contribution in [1.29, 1.82) is 0 Å². The van der Waals surface area contributed by atoms with Gasteiger partial charge in [0.05, 0.1) is 25.8 Å². The van der Waals surface area contributed by atoms with Crippen LogP contribution in [0, 0.1) is 0 Å². The molecule has 1 aromatic carbocycles. The molecule has 2 rings (SSSR count). The molecule has 8 heteroatoms. The van der Waals surface area contributed by atoms with Gasteiger partial charge in [0.2, 0.25) is 0 Å². The molecule has 1 unspecified atom stereocenters. The third kappa shape index (κ3) is 3.63. The van der Waals surface area contributed by atoms with Crippen LogP contribution < -0.4 is 9.47 Å². The molecule has 26 heavy (non-hydrogen) atoms. The van der Waals surface area contributed by atoms with Gasteiger partial charge in [-0.05, 0) is 25.5 Å². The second kappa shape index (κ2) is 7.90. The summed E-state index contributed by atoms with van der Waals surface area (Å²) < 4.78 is 10.5. The summed E-state index contributed by atoms with van der Waals surface area (Å²) in [7, 11) is 2.94. The van der Waals surface area contributed by atoms with Gasteiger partial charge < -0.3 is 24.6 Å². The average Bonchev–Trinajstić information content (AvgIpc) is 2.85. The summed E-state index contributed by atoms with van der Waals surface area (Å²) in [6.07, 6.45) is 0.0565. The van der Waals surface area contributed by atoms with Gasteiger partial charge in [-0.3, -0.25) is 14.4 Å². The van der Waals surface area contributed by atoms with Gasteiger partial charge in [0.15, 0.2) is 11.5 Å². The number of carboxylic acid groups (broad SMARTS) is 1. The van der Waals surface area contributed by atoms with E-state index in [2.05, 4.69) is 0 Å². The van der Waals surface area contributed by atoms with Gasteiger partial charge in [-0.1, -0.05) is 0 Å². The van der Waals surface area contributed by atoms with Gasteiger partial charge in [0.25, 0.3) is 5.91 Å². The lowest BCUT2D eigenvalue weighted by Gasteiger charge is -2.27. The van der Waals surface area contributed by atoms with E-state index < -0.39 is 29.5 Å². The standard InChI is InChI=1S/C18H21NO7/c1-10(20)15-16(12-7-6-11(25-2)9-13(12)26-3)19(18(24)17(15)23)8-4-5-14(21)22/h6-7,9,16,23H,4-5,8H2,1-3H3,(H,21,22). The normalized spacial score (nSPS) is 16.8. The van der Waals surface area contributed by atoms with E-state index in [9.17, 15) is 19.5 Å². The van der Waals surface area contributed by atoms with Crippen LogP contribution in [0.4, 0.5) is 0 Å². The molecule has 1 atom stereocenters. The summed E-state index contributed by atoms with van der Waals surface area (Å²) in [5.41, 5.74) is 0.472. The molecule has 140 valence electrons. The summed E-state index contributed by atoms with van der Waals surface area (Å²) in [5.74, 6) is -1.83. The van der Waals surface area contributed by atoms with Crippen molar-refractivity contribution in [3.05, 3.63) is 35.1 Å². The van der Waals surface area contributed by atoms with Crippen LogP contribution in [0.15, 0.2) is 29.5 Å². The first-order chi connectivity index (χ1) is 12.3. The smallest absolute Gasteiger partial charge is 0.303 e. The van der Waals surface area contributed by atoms with Gasteiger partial charge in [-0.25, -0.2) is 0 Å². The first-order valence-electron chi connectivity index (χ1n) is 8.00. The number of carbonyl (C=O) groups is 3. The van der Waals surface area contributed by atoms with E-state index in [1.807, 2.05) is 0 Å². The van der Waals surface area contributed by atoms with Crippen LogP contribution in [0.2, 0.25) is 0 Å². The number of hydrogen-bond acceptors (Lipinski definition) is 6. The van der Waals surface area contributed by atoms with Crippen LogP contribution in [-0.4, -0.2) is 53.5 Å². The minimum Gasteiger partial charge on any atom is -0.503 e. The molecule has 0 saturated heterocycles. The number of aliphatic hydroxyl groups is 1. The van der Waals surface area contributed by atoms with E-state index >= 15 is 0 Å². The number of amides is 1. The topological polar surface area (TPSA) is 113 Å². The Bertz CT molecular complexity index is 769. The van der Waals surface area contributed by atoms with E-state index in [0.717, 1.165) is 0 Å². The van der Waals surface area contributed by atoms with Crippen LogP contribution in [0.5, 0.6) is 11.5 Å². The molecule has 0 saturated carbocycles. The van der Waals surface area contributed by atoms with Crippen LogP contribution in [-0.2, 0) is 14.4 Å². The summed E-state index contributed by atoms with van der Waals surface area (Å²) in [5, 5.41) is 19.0. The van der Waals surface area contributed by atoms with E-state index in [1.54, 1.807) is 18.2 Å². The fraction of sp³-hybridized carbons (Fsp3) is 0.389. The number of benzene rings is 1. The van der Waals surface area contributed by atoms with Gasteiger partial charge in [0.1, 0.15) is 11.5 Å². The molecular weight excluding hydrogens is 342 g/mol. The highest BCUT2D eigenvalue weighted by molar-refractivity contribution is 6.08. The minimum atomic E-state index is -0.987. The molecule has 2 N–H and O–H groups in total. The molecule has 0 bridgehead atoms. The van der Waals surface area contributed by atoms with E-state index in [-0.39, 0.29) is 25.0 Å². The number of methoxy groups -OCH3 is 2. The number of ether oxygens (including phenoxy) is 2. The van der Waals surface area contributed by atoms with Crippen molar-refractivity contribution >= 4 is 17.7 Å². The lowest BCUT2D eigenvalue weighted by atomic mass is 9.95. The Kier molecular flexibility index (Phi) is 5.86. The quantitative estimate of drug-likeness (QED) is 0.724. The molecule has 1 heterocycles. The van der Waals surface area contributed by atoms with Crippen molar-refractivity contribution < 1.29 is 34.1 Å². The van der Waals surface area contributed by atoms with E-state index in [0.29, 0.717) is 17.1 Å². The van der Waals surface area contributed by atoms with Gasteiger partial charge in [-0.15, -0.1) is 0 Å². The second-order valence-electron chi connectivity index (χ2n) is 5.82. The molecule has 0 spiro atoms. The maximum atomic E-state index is 12.5. The Morgan fingerprint density at radius 3 is 2.46 bits per heavy atom. The Hall–Kier alpha value is -3.03. The zero-order chi connectivity index (χ0) is 19.4. The number of nitrogens with zero attached hydrogens (tertiary/aromatic N) is 1. The number of carbonyl (C=O) groups excluding carboxylic acids is 2. The fourth-order valence-corrected chi connectivity index (χ4v) is 3.01. The van der Waals surface area contributed by atoms with Crippen molar-refractivity contribution in [3.63, 3.8) is 0 Å². The summed E-state index contributed by atoms with van der Waals surface area (Å²) >= 11 is 0. The monoisotopic (exact) mass is 363 g/mol. The van der Waals surface area contributed by atoms with Crippen molar-refractivity contribution in [1.82, 2.24) is 4.90 Å². The van der Waals surface area contributed by atoms with Gasteiger partial charge in [0, 0.05) is 24.6 Å². The molecule has 1 aliphatic rings. The summed E-state index contributed by atoms with van der Waals surface area (Å²) in [6.45, 7) is 1.34. The SMILES string of the molecule is COc1ccc(C2C(C(C)=O)=C(O)C(=O)N2CCCC(=O)O)c(OC)c1. The Balaban J connectivity index is 2.49. The lowest BCUT2D eigenvalue weighted by Crippen LogP contribution is -2.32. The molecule has 1 aromatic rings. The van der Waals surface area contributed by atoms with E-state index in [1.165, 1.54) is 26.0 Å².